The third-order valence-corrected chi connectivity index (χ3v) is 8.73. The lowest BCUT2D eigenvalue weighted by atomic mass is 9.78. The Kier molecular flexibility index (Phi) is 9.50. The van der Waals surface area contributed by atoms with E-state index in [1.807, 2.05) is 6.20 Å². The van der Waals surface area contributed by atoms with Gasteiger partial charge in [0.15, 0.2) is 0 Å². The van der Waals surface area contributed by atoms with E-state index in [0.29, 0.717) is 17.5 Å². The first-order valence-electron chi connectivity index (χ1n) is 16.0. The summed E-state index contributed by atoms with van der Waals surface area (Å²) in [5, 5.41) is 7.68. The predicted octanol–water partition coefficient (Wildman–Crippen LogP) is 7.67. The third kappa shape index (κ3) is 9.71. The highest BCUT2D eigenvalue weighted by atomic mass is 16.5. The number of nitrogens with zero attached hydrogens (tertiary/aromatic N) is 2. The molecule has 1 aromatic heterocycles. The topological polar surface area (TPSA) is 49.4 Å². The SMILES string of the molecule is CC(C)(C)Cc1ccc(N2CC[C@H](NC(C)(C)CCC(C)(C)c3ccnc(O[C@H]4C[C@H](NC(C)(C)C)C4)c3)C2)cc1. The molecule has 228 valence electrons. The standard InChI is InChI=1S/C36H58N4O/c1-33(2,3)24-26-11-13-30(14-12-26)40-20-16-28(25-40)39-36(9,10)18-17-35(7,8)27-15-19-37-32(21-27)41-31-22-29(23-31)38-34(4,5)6/h11-15,19,21,28-29,31,38-39H,16-18,20,22-25H2,1-10H3/t28-,29-,31-/m0/s1. The second-order valence-electron chi connectivity index (χ2n) is 16.4. The minimum atomic E-state index is 0.0481. The van der Waals surface area contributed by atoms with Gasteiger partial charge in [-0.25, -0.2) is 4.98 Å². The average Bonchev–Trinajstić information content (AvgIpc) is 3.28. The minimum absolute atomic E-state index is 0.0481. The molecule has 1 saturated heterocycles. The summed E-state index contributed by atoms with van der Waals surface area (Å²) in [6, 6.07) is 14.7. The predicted molar refractivity (Wildman–Crippen MR) is 174 cm³/mol. The first kappa shape index (κ1) is 31.8. The maximum atomic E-state index is 6.27. The van der Waals surface area contributed by atoms with Crippen LogP contribution in [0.2, 0.25) is 0 Å². The van der Waals surface area contributed by atoms with E-state index in [-0.39, 0.29) is 22.6 Å². The van der Waals surface area contributed by atoms with Crippen LogP contribution >= 0.6 is 0 Å². The molecule has 2 aliphatic rings. The molecule has 2 heterocycles. The molecule has 0 radical (unpaired) electrons. The molecule has 1 atom stereocenters. The summed E-state index contributed by atoms with van der Waals surface area (Å²) in [5.74, 6) is 0.768. The molecule has 1 aromatic carbocycles. The normalized spacial score (nSPS) is 22.1. The van der Waals surface area contributed by atoms with Crippen LogP contribution < -0.4 is 20.3 Å². The van der Waals surface area contributed by atoms with Crippen molar-refractivity contribution in [3.05, 3.63) is 53.7 Å². The average molecular weight is 563 g/mol. The lowest BCUT2D eigenvalue weighted by Gasteiger charge is -2.40. The van der Waals surface area contributed by atoms with Crippen molar-refractivity contribution < 1.29 is 4.74 Å². The molecule has 0 bridgehead atoms. The Morgan fingerprint density at radius 3 is 2.17 bits per heavy atom. The minimum Gasteiger partial charge on any atom is -0.474 e. The quantitative estimate of drug-likeness (QED) is 0.294. The van der Waals surface area contributed by atoms with Crippen molar-refractivity contribution in [1.82, 2.24) is 15.6 Å². The van der Waals surface area contributed by atoms with E-state index < -0.39 is 0 Å². The van der Waals surface area contributed by atoms with Crippen molar-refractivity contribution in [2.45, 2.75) is 142 Å². The van der Waals surface area contributed by atoms with Crippen molar-refractivity contribution in [3.8, 4) is 5.88 Å². The molecule has 0 amide bonds. The van der Waals surface area contributed by atoms with E-state index in [0.717, 1.165) is 51.1 Å². The molecule has 0 unspecified atom stereocenters. The fourth-order valence-electron chi connectivity index (χ4n) is 6.40. The first-order chi connectivity index (χ1) is 19.0. The number of benzene rings is 1. The van der Waals surface area contributed by atoms with Crippen LogP contribution in [0, 0.1) is 5.41 Å². The van der Waals surface area contributed by atoms with Gasteiger partial charge in [0.25, 0.3) is 0 Å². The van der Waals surface area contributed by atoms with Crippen LogP contribution in [0.4, 0.5) is 5.69 Å². The Bertz CT molecular complexity index is 1120. The molecule has 5 heteroatoms. The highest BCUT2D eigenvalue weighted by Crippen LogP contribution is 2.34. The molecule has 1 saturated carbocycles. The zero-order valence-electron chi connectivity index (χ0n) is 27.7. The van der Waals surface area contributed by atoms with E-state index >= 15 is 0 Å². The van der Waals surface area contributed by atoms with E-state index in [4.69, 9.17) is 4.74 Å². The van der Waals surface area contributed by atoms with Crippen LogP contribution in [-0.2, 0) is 11.8 Å². The second kappa shape index (κ2) is 12.2. The van der Waals surface area contributed by atoms with Crippen LogP contribution in [0.15, 0.2) is 42.6 Å². The van der Waals surface area contributed by atoms with Crippen LogP contribution in [0.25, 0.3) is 0 Å². The fourth-order valence-corrected chi connectivity index (χ4v) is 6.40. The summed E-state index contributed by atoms with van der Waals surface area (Å²) in [7, 11) is 0. The van der Waals surface area contributed by atoms with Gasteiger partial charge in [0.1, 0.15) is 6.10 Å². The van der Waals surface area contributed by atoms with Gasteiger partial charge in [-0.3, -0.25) is 0 Å². The number of rotatable bonds is 11. The van der Waals surface area contributed by atoms with E-state index in [1.165, 1.54) is 23.2 Å². The number of pyridine rings is 1. The molecule has 2 N–H and O–H groups in total. The Labute approximate surface area is 251 Å². The van der Waals surface area contributed by atoms with Crippen molar-refractivity contribution >= 4 is 5.69 Å². The molecular weight excluding hydrogens is 504 g/mol. The van der Waals surface area contributed by atoms with Crippen molar-refractivity contribution in [3.63, 3.8) is 0 Å². The van der Waals surface area contributed by atoms with E-state index in [9.17, 15) is 0 Å². The molecule has 5 nitrogen and oxygen atoms in total. The molecular formula is C36H58N4O. The van der Waals surface area contributed by atoms with Gasteiger partial charge < -0.3 is 20.3 Å². The molecule has 0 spiro atoms. The molecule has 41 heavy (non-hydrogen) atoms. The van der Waals surface area contributed by atoms with Crippen LogP contribution in [0.5, 0.6) is 5.88 Å². The second-order valence-corrected chi connectivity index (χ2v) is 16.4. The van der Waals surface area contributed by atoms with Crippen LogP contribution in [-0.4, -0.2) is 47.3 Å². The van der Waals surface area contributed by atoms with Gasteiger partial charge in [-0.15, -0.1) is 0 Å². The summed E-state index contributed by atoms with van der Waals surface area (Å²) in [6.45, 7) is 25.2. The van der Waals surface area contributed by atoms with Crippen LogP contribution in [0.1, 0.15) is 112 Å². The highest BCUT2D eigenvalue weighted by Gasteiger charge is 2.34. The zero-order valence-corrected chi connectivity index (χ0v) is 27.7. The zero-order chi connectivity index (χ0) is 30.1. The summed E-state index contributed by atoms with van der Waals surface area (Å²) in [4.78, 5) is 7.09. The number of anilines is 1. The van der Waals surface area contributed by atoms with Gasteiger partial charge in [-0.2, -0.15) is 0 Å². The largest absolute Gasteiger partial charge is 0.474 e. The maximum Gasteiger partial charge on any atom is 0.213 e. The van der Waals surface area contributed by atoms with Crippen molar-refractivity contribution in [1.29, 1.82) is 0 Å². The summed E-state index contributed by atoms with van der Waals surface area (Å²) < 4.78 is 6.27. The smallest absolute Gasteiger partial charge is 0.213 e. The Hall–Kier alpha value is -2.11. The first-order valence-corrected chi connectivity index (χ1v) is 16.0. The maximum absolute atomic E-state index is 6.27. The van der Waals surface area contributed by atoms with E-state index in [2.05, 4.69) is 126 Å². The van der Waals surface area contributed by atoms with E-state index in [1.54, 1.807) is 0 Å². The summed E-state index contributed by atoms with van der Waals surface area (Å²) in [5.41, 5.74) is 4.68. The number of hydrogen-bond acceptors (Lipinski definition) is 5. The lowest BCUT2D eigenvalue weighted by Crippen LogP contribution is -2.53. The monoisotopic (exact) mass is 562 g/mol. The Balaban J connectivity index is 1.25. The number of nitrogens with one attached hydrogen (secondary N) is 2. The summed E-state index contributed by atoms with van der Waals surface area (Å²) >= 11 is 0. The number of aromatic nitrogens is 1. The fraction of sp³-hybridized carbons (Fsp3) is 0.694. The van der Waals surface area contributed by atoms with Gasteiger partial charge in [0, 0.05) is 54.2 Å². The van der Waals surface area contributed by atoms with Crippen molar-refractivity contribution in [2.24, 2.45) is 5.41 Å². The Morgan fingerprint density at radius 2 is 1.54 bits per heavy atom. The molecule has 2 aromatic rings. The molecule has 1 aliphatic carbocycles. The highest BCUT2D eigenvalue weighted by molar-refractivity contribution is 5.49. The number of hydrogen-bond donors (Lipinski definition) is 2. The molecule has 1 aliphatic heterocycles. The molecule has 2 fully saturated rings. The number of ether oxygens (including phenoxy) is 1. The van der Waals surface area contributed by atoms with Gasteiger partial charge in [-0.05, 0) is 113 Å². The summed E-state index contributed by atoms with van der Waals surface area (Å²) in [6.07, 6.45) is 8.79. The third-order valence-electron chi connectivity index (χ3n) is 8.73. The van der Waals surface area contributed by atoms with Gasteiger partial charge in [0.2, 0.25) is 5.88 Å². The van der Waals surface area contributed by atoms with Gasteiger partial charge in [-0.1, -0.05) is 46.8 Å². The van der Waals surface area contributed by atoms with Crippen LogP contribution in [0.3, 0.4) is 0 Å². The lowest BCUT2D eigenvalue weighted by molar-refractivity contribution is 0.0692. The van der Waals surface area contributed by atoms with Gasteiger partial charge >= 0.3 is 0 Å². The Morgan fingerprint density at radius 1 is 0.854 bits per heavy atom. The molecule has 4 rings (SSSR count). The van der Waals surface area contributed by atoms with Gasteiger partial charge in [0.05, 0.1) is 0 Å². The van der Waals surface area contributed by atoms with Crippen molar-refractivity contribution in [2.75, 3.05) is 18.0 Å².